The van der Waals surface area contributed by atoms with E-state index < -0.39 is 0 Å². The molecule has 1 aromatic carbocycles. The highest BCUT2D eigenvalue weighted by Gasteiger charge is 2.45. The van der Waals surface area contributed by atoms with E-state index in [1.807, 2.05) is 0 Å². The number of carbonyl (C=O) groups is 1. The summed E-state index contributed by atoms with van der Waals surface area (Å²) in [6.07, 6.45) is 12.1. The maximum absolute atomic E-state index is 12.6. The maximum atomic E-state index is 12.6. The molecular weight excluding hydrogens is 538 g/mol. The Hall–Kier alpha value is -3.64. The standard InChI is InChI=1S/C34H43N7O2/c1-2-31(42)41-21-20-39(22-26(41)12-16-35)32-28-13-19-38(30-11-5-9-25-8-3-4-10-27(25)30)23-29(28)36-33(37-32)43-24-34-14-6-17-40(34)18-7-15-34/h2,5,9,11,26H,1,3-4,6-8,10,12-15,17-24H2/t26-/m0/s1. The summed E-state index contributed by atoms with van der Waals surface area (Å²) in [5, 5.41) is 9.57. The van der Waals surface area contributed by atoms with Crippen LogP contribution in [0, 0.1) is 11.3 Å². The number of piperazine rings is 1. The summed E-state index contributed by atoms with van der Waals surface area (Å²) in [6.45, 7) is 10.00. The van der Waals surface area contributed by atoms with Crippen molar-refractivity contribution >= 4 is 17.4 Å². The van der Waals surface area contributed by atoms with E-state index in [0.29, 0.717) is 32.3 Å². The molecule has 5 heterocycles. The minimum absolute atomic E-state index is 0.114. The number of carbonyl (C=O) groups excluding carboxylic acids is 1. The number of aromatic nitrogens is 2. The predicted molar refractivity (Wildman–Crippen MR) is 166 cm³/mol. The Bertz CT molecular complexity index is 1420. The van der Waals surface area contributed by atoms with Gasteiger partial charge in [-0.1, -0.05) is 18.7 Å². The first-order chi connectivity index (χ1) is 21.1. The molecule has 0 bridgehead atoms. The molecule has 0 N–H and O–H groups in total. The van der Waals surface area contributed by atoms with Crippen LogP contribution >= 0.6 is 0 Å². The summed E-state index contributed by atoms with van der Waals surface area (Å²) in [6, 6.07) is 9.33. The Labute approximate surface area is 255 Å². The molecule has 0 radical (unpaired) electrons. The number of nitriles is 1. The summed E-state index contributed by atoms with van der Waals surface area (Å²) < 4.78 is 6.54. The first-order valence-electron chi connectivity index (χ1n) is 16.3. The lowest BCUT2D eigenvalue weighted by Gasteiger charge is -2.42. The average molecular weight is 582 g/mol. The van der Waals surface area contributed by atoms with Crippen molar-refractivity contribution in [3.63, 3.8) is 0 Å². The van der Waals surface area contributed by atoms with Crippen molar-refractivity contribution in [3.8, 4) is 12.1 Å². The van der Waals surface area contributed by atoms with Crippen molar-refractivity contribution in [1.82, 2.24) is 19.8 Å². The van der Waals surface area contributed by atoms with Gasteiger partial charge in [-0.25, -0.2) is 0 Å². The molecular formula is C34H43N7O2. The second kappa shape index (κ2) is 11.8. The van der Waals surface area contributed by atoms with E-state index in [4.69, 9.17) is 14.7 Å². The number of amides is 1. The third-order valence-corrected chi connectivity index (χ3v) is 10.6. The molecule has 1 atom stereocenters. The summed E-state index contributed by atoms with van der Waals surface area (Å²) >= 11 is 0. The second-order valence-electron chi connectivity index (χ2n) is 13.0. The van der Waals surface area contributed by atoms with Crippen LogP contribution in [0.5, 0.6) is 6.01 Å². The van der Waals surface area contributed by atoms with Gasteiger partial charge < -0.3 is 19.4 Å². The van der Waals surface area contributed by atoms with Gasteiger partial charge in [-0.15, -0.1) is 0 Å². The van der Waals surface area contributed by atoms with Crippen molar-refractivity contribution in [2.24, 2.45) is 0 Å². The predicted octanol–water partition coefficient (Wildman–Crippen LogP) is 4.04. The topological polar surface area (TPSA) is 88.8 Å². The van der Waals surface area contributed by atoms with Crippen LogP contribution in [-0.4, -0.2) is 83.1 Å². The van der Waals surface area contributed by atoms with E-state index in [2.05, 4.69) is 45.5 Å². The number of hydrogen-bond acceptors (Lipinski definition) is 8. The Morgan fingerprint density at radius 1 is 1.02 bits per heavy atom. The van der Waals surface area contributed by atoms with Gasteiger partial charge in [-0.3, -0.25) is 9.69 Å². The third kappa shape index (κ3) is 5.24. The van der Waals surface area contributed by atoms with Gasteiger partial charge in [0, 0.05) is 37.4 Å². The number of rotatable bonds is 7. The summed E-state index contributed by atoms with van der Waals surface area (Å²) in [7, 11) is 0. The molecule has 9 nitrogen and oxygen atoms in total. The first kappa shape index (κ1) is 28.1. The molecule has 43 heavy (non-hydrogen) atoms. The van der Waals surface area contributed by atoms with Crippen LogP contribution in [0.2, 0.25) is 0 Å². The SMILES string of the molecule is C=CC(=O)N1CCN(c2nc(OCC34CCCN3CCC4)nc3c2CCN(c2cccc4c2CCCC4)C3)C[C@@H]1CC#N. The number of fused-ring (bicyclic) bond motifs is 3. The molecule has 3 fully saturated rings. The third-order valence-electron chi connectivity index (χ3n) is 10.6. The van der Waals surface area contributed by atoms with E-state index in [9.17, 15) is 10.1 Å². The highest BCUT2D eigenvalue weighted by atomic mass is 16.5. The Morgan fingerprint density at radius 3 is 2.67 bits per heavy atom. The Kier molecular flexibility index (Phi) is 7.72. The minimum Gasteiger partial charge on any atom is -0.461 e. The molecule has 2 aromatic rings. The lowest BCUT2D eigenvalue weighted by Crippen LogP contribution is -2.55. The van der Waals surface area contributed by atoms with Crippen LogP contribution in [0.3, 0.4) is 0 Å². The molecule has 0 unspecified atom stereocenters. The Balaban J connectivity index is 1.21. The second-order valence-corrected chi connectivity index (χ2v) is 13.0. The van der Waals surface area contributed by atoms with E-state index >= 15 is 0 Å². The lowest BCUT2D eigenvalue weighted by molar-refractivity contribution is -0.128. The lowest BCUT2D eigenvalue weighted by atomic mass is 9.89. The summed E-state index contributed by atoms with van der Waals surface area (Å²) in [5.41, 5.74) is 6.68. The number of aryl methyl sites for hydroxylation is 1. The zero-order chi connectivity index (χ0) is 29.4. The average Bonchev–Trinajstić information content (AvgIpc) is 3.63. The molecule has 4 aliphatic heterocycles. The highest BCUT2D eigenvalue weighted by molar-refractivity contribution is 5.87. The van der Waals surface area contributed by atoms with E-state index in [-0.39, 0.29) is 23.9 Å². The fourth-order valence-electron chi connectivity index (χ4n) is 8.37. The van der Waals surface area contributed by atoms with Gasteiger partial charge in [0.15, 0.2) is 0 Å². The normalized spacial score (nSPS) is 22.9. The van der Waals surface area contributed by atoms with E-state index in [1.54, 1.807) is 4.90 Å². The summed E-state index contributed by atoms with van der Waals surface area (Å²) in [5.74, 6) is 0.794. The highest BCUT2D eigenvalue weighted by Crippen LogP contribution is 2.40. The molecule has 1 amide bonds. The molecule has 0 spiro atoms. The molecule has 1 aromatic heterocycles. The van der Waals surface area contributed by atoms with E-state index in [0.717, 1.165) is 50.5 Å². The molecule has 5 aliphatic rings. The molecule has 3 saturated heterocycles. The molecule has 1 aliphatic carbocycles. The summed E-state index contributed by atoms with van der Waals surface area (Å²) in [4.78, 5) is 31.9. The molecule has 7 rings (SSSR count). The van der Waals surface area contributed by atoms with Gasteiger partial charge in [0.05, 0.1) is 36.3 Å². The molecule has 9 heteroatoms. The largest absolute Gasteiger partial charge is 0.461 e. The van der Waals surface area contributed by atoms with Crippen molar-refractivity contribution in [2.45, 2.75) is 82.3 Å². The monoisotopic (exact) mass is 581 g/mol. The smallest absolute Gasteiger partial charge is 0.318 e. The fourth-order valence-corrected chi connectivity index (χ4v) is 8.37. The van der Waals surface area contributed by atoms with Crippen LogP contribution in [-0.2, 0) is 30.6 Å². The minimum atomic E-state index is -0.209. The van der Waals surface area contributed by atoms with Gasteiger partial charge in [0.1, 0.15) is 12.4 Å². The van der Waals surface area contributed by atoms with Gasteiger partial charge in [-0.05, 0) is 94.1 Å². The fraction of sp³-hybridized carbons (Fsp3) is 0.588. The van der Waals surface area contributed by atoms with Crippen LogP contribution in [0.15, 0.2) is 30.9 Å². The van der Waals surface area contributed by atoms with Crippen molar-refractivity contribution in [1.29, 1.82) is 5.26 Å². The quantitative estimate of drug-likeness (QED) is 0.453. The first-order valence-corrected chi connectivity index (χ1v) is 16.3. The van der Waals surface area contributed by atoms with Crippen molar-refractivity contribution in [3.05, 3.63) is 53.2 Å². The van der Waals surface area contributed by atoms with Gasteiger partial charge in [-0.2, -0.15) is 15.2 Å². The van der Waals surface area contributed by atoms with Crippen molar-refractivity contribution < 1.29 is 9.53 Å². The number of anilines is 2. The maximum Gasteiger partial charge on any atom is 0.318 e. The molecule has 226 valence electrons. The zero-order valence-corrected chi connectivity index (χ0v) is 25.3. The van der Waals surface area contributed by atoms with E-state index in [1.165, 1.54) is 73.4 Å². The zero-order valence-electron chi connectivity index (χ0n) is 25.3. The van der Waals surface area contributed by atoms with Crippen molar-refractivity contribution in [2.75, 3.05) is 55.7 Å². The van der Waals surface area contributed by atoms with Crippen LogP contribution < -0.4 is 14.5 Å². The van der Waals surface area contributed by atoms with Crippen LogP contribution in [0.25, 0.3) is 0 Å². The number of benzene rings is 1. The van der Waals surface area contributed by atoms with Gasteiger partial charge in [0.25, 0.3) is 0 Å². The molecule has 0 saturated carbocycles. The van der Waals surface area contributed by atoms with Gasteiger partial charge >= 0.3 is 6.01 Å². The van der Waals surface area contributed by atoms with Crippen LogP contribution in [0.1, 0.15) is 67.3 Å². The van der Waals surface area contributed by atoms with Gasteiger partial charge in [0.2, 0.25) is 5.91 Å². The number of hydrogen-bond donors (Lipinski definition) is 0. The number of ether oxygens (including phenoxy) is 1. The van der Waals surface area contributed by atoms with Crippen LogP contribution in [0.4, 0.5) is 11.5 Å². The Morgan fingerprint density at radius 2 is 1.86 bits per heavy atom. The number of nitrogens with zero attached hydrogens (tertiary/aromatic N) is 7.